The highest BCUT2D eigenvalue weighted by molar-refractivity contribution is 5.76. The van der Waals surface area contributed by atoms with Crippen LogP contribution in [-0.4, -0.2) is 16.8 Å². The molecule has 0 heterocycles. The number of nitrogens with zero attached hydrogens (tertiary/aromatic N) is 1. The Labute approximate surface area is 103 Å². The van der Waals surface area contributed by atoms with Gasteiger partial charge in [-0.1, -0.05) is 19.1 Å². The minimum Gasteiger partial charge on any atom is -0.399 e. The Morgan fingerprint density at radius 3 is 2.82 bits per heavy atom. The molecule has 0 spiro atoms. The molecule has 1 aliphatic carbocycles. The summed E-state index contributed by atoms with van der Waals surface area (Å²) < 4.78 is 0. The maximum atomic E-state index is 12.0. The molecule has 0 aliphatic heterocycles. The fraction of sp³-hybridized carbons (Fsp3) is 0.500. The van der Waals surface area contributed by atoms with Crippen LogP contribution in [0.1, 0.15) is 38.2 Å². The van der Waals surface area contributed by atoms with Crippen LogP contribution in [0.15, 0.2) is 24.3 Å². The van der Waals surface area contributed by atoms with Crippen molar-refractivity contribution in [2.45, 2.75) is 45.2 Å². The Hall–Kier alpha value is -1.51. The Balaban J connectivity index is 2.05. The molecule has 1 fully saturated rings. The number of carbonyl (C=O) groups is 1. The lowest BCUT2D eigenvalue weighted by atomic mass is 10.1. The Kier molecular flexibility index (Phi) is 3.67. The maximum absolute atomic E-state index is 12.0. The molecular formula is C14H20N2O. The first-order chi connectivity index (χ1) is 8.20. The number of nitrogens with two attached hydrogens (primary N) is 1. The lowest BCUT2D eigenvalue weighted by molar-refractivity contribution is -0.132. The second-order valence-corrected chi connectivity index (χ2v) is 4.75. The number of nitrogen functional groups attached to an aromatic ring is 1. The van der Waals surface area contributed by atoms with E-state index in [0.29, 0.717) is 19.0 Å². The monoisotopic (exact) mass is 232 g/mol. The molecule has 1 amide bonds. The van der Waals surface area contributed by atoms with Gasteiger partial charge >= 0.3 is 0 Å². The molecule has 0 saturated heterocycles. The third kappa shape index (κ3) is 3.22. The summed E-state index contributed by atoms with van der Waals surface area (Å²) in [5.41, 5.74) is 7.65. The number of benzene rings is 1. The third-order valence-corrected chi connectivity index (χ3v) is 3.08. The molecule has 0 aromatic heterocycles. The first-order valence-electron chi connectivity index (χ1n) is 6.34. The summed E-state index contributed by atoms with van der Waals surface area (Å²) >= 11 is 0. The highest BCUT2D eigenvalue weighted by atomic mass is 16.2. The standard InChI is InChI=1S/C14H20N2O/c1-2-4-14(17)16(13-7-8-13)10-11-5-3-6-12(15)9-11/h3,5-6,9,13H,2,4,7-8,10,15H2,1H3. The normalized spacial score (nSPS) is 14.6. The van der Waals surface area contributed by atoms with E-state index < -0.39 is 0 Å². The van der Waals surface area contributed by atoms with Gasteiger partial charge in [0.15, 0.2) is 0 Å². The van der Waals surface area contributed by atoms with Gasteiger partial charge in [-0.25, -0.2) is 0 Å². The van der Waals surface area contributed by atoms with Crippen LogP contribution in [0, 0.1) is 0 Å². The molecule has 1 aromatic carbocycles. The molecule has 92 valence electrons. The third-order valence-electron chi connectivity index (χ3n) is 3.08. The zero-order valence-electron chi connectivity index (χ0n) is 10.4. The number of carbonyl (C=O) groups excluding carboxylic acids is 1. The molecule has 1 aromatic rings. The highest BCUT2D eigenvalue weighted by Gasteiger charge is 2.31. The van der Waals surface area contributed by atoms with Crippen LogP contribution in [0.25, 0.3) is 0 Å². The molecule has 0 atom stereocenters. The summed E-state index contributed by atoms with van der Waals surface area (Å²) in [5, 5.41) is 0. The van der Waals surface area contributed by atoms with E-state index in [9.17, 15) is 4.79 Å². The summed E-state index contributed by atoms with van der Waals surface area (Å²) in [6.07, 6.45) is 3.87. The van der Waals surface area contributed by atoms with Crippen LogP contribution in [0.2, 0.25) is 0 Å². The Morgan fingerprint density at radius 2 is 2.24 bits per heavy atom. The van der Waals surface area contributed by atoms with Gasteiger partial charge < -0.3 is 10.6 Å². The van der Waals surface area contributed by atoms with Crippen LogP contribution in [0.5, 0.6) is 0 Å². The van der Waals surface area contributed by atoms with E-state index in [1.165, 1.54) is 0 Å². The van der Waals surface area contributed by atoms with Crippen molar-refractivity contribution in [1.82, 2.24) is 4.90 Å². The van der Waals surface area contributed by atoms with E-state index in [2.05, 4.69) is 0 Å². The zero-order chi connectivity index (χ0) is 12.3. The minimum absolute atomic E-state index is 0.275. The SMILES string of the molecule is CCCC(=O)N(Cc1cccc(N)c1)C1CC1. The lowest BCUT2D eigenvalue weighted by Gasteiger charge is -2.22. The molecular weight excluding hydrogens is 212 g/mol. The fourth-order valence-electron chi connectivity index (χ4n) is 2.05. The van der Waals surface area contributed by atoms with Crippen molar-refractivity contribution in [2.75, 3.05) is 5.73 Å². The van der Waals surface area contributed by atoms with Gasteiger partial charge in [-0.05, 0) is 37.0 Å². The highest BCUT2D eigenvalue weighted by Crippen LogP contribution is 2.29. The first kappa shape index (κ1) is 12.0. The summed E-state index contributed by atoms with van der Waals surface area (Å²) in [4.78, 5) is 14.0. The second-order valence-electron chi connectivity index (χ2n) is 4.75. The fourth-order valence-corrected chi connectivity index (χ4v) is 2.05. The number of anilines is 1. The van der Waals surface area contributed by atoms with Gasteiger partial charge in [0.2, 0.25) is 5.91 Å². The van der Waals surface area contributed by atoms with E-state index >= 15 is 0 Å². The van der Waals surface area contributed by atoms with Crippen LogP contribution in [-0.2, 0) is 11.3 Å². The van der Waals surface area contributed by atoms with Crippen molar-refractivity contribution < 1.29 is 4.79 Å². The first-order valence-corrected chi connectivity index (χ1v) is 6.34. The zero-order valence-corrected chi connectivity index (χ0v) is 10.4. The number of rotatable bonds is 5. The molecule has 2 rings (SSSR count). The van der Waals surface area contributed by atoms with E-state index in [0.717, 1.165) is 30.5 Å². The van der Waals surface area contributed by atoms with Crippen molar-refractivity contribution in [3.05, 3.63) is 29.8 Å². The van der Waals surface area contributed by atoms with Crippen LogP contribution < -0.4 is 5.73 Å². The maximum Gasteiger partial charge on any atom is 0.223 e. The van der Waals surface area contributed by atoms with Crippen molar-refractivity contribution in [2.24, 2.45) is 0 Å². The van der Waals surface area contributed by atoms with Crippen LogP contribution in [0.4, 0.5) is 5.69 Å². The lowest BCUT2D eigenvalue weighted by Crippen LogP contribution is -2.32. The van der Waals surface area contributed by atoms with Gasteiger partial charge in [-0.2, -0.15) is 0 Å². The van der Waals surface area contributed by atoms with Gasteiger partial charge in [0.1, 0.15) is 0 Å². The quantitative estimate of drug-likeness (QED) is 0.793. The van der Waals surface area contributed by atoms with Crippen LogP contribution >= 0.6 is 0 Å². The van der Waals surface area contributed by atoms with Crippen molar-refractivity contribution in [3.8, 4) is 0 Å². The van der Waals surface area contributed by atoms with Gasteiger partial charge in [0, 0.05) is 24.7 Å². The largest absolute Gasteiger partial charge is 0.399 e. The van der Waals surface area contributed by atoms with Crippen molar-refractivity contribution in [1.29, 1.82) is 0 Å². The molecule has 0 radical (unpaired) electrons. The average Bonchev–Trinajstić information content (AvgIpc) is 3.10. The molecule has 0 unspecified atom stereocenters. The summed E-state index contributed by atoms with van der Waals surface area (Å²) in [6, 6.07) is 8.27. The number of hydrogen-bond acceptors (Lipinski definition) is 2. The number of hydrogen-bond donors (Lipinski definition) is 1. The molecule has 3 heteroatoms. The molecule has 0 bridgehead atoms. The molecule has 3 nitrogen and oxygen atoms in total. The molecule has 1 saturated carbocycles. The van der Waals surface area contributed by atoms with E-state index in [-0.39, 0.29) is 5.91 Å². The minimum atomic E-state index is 0.275. The molecule has 17 heavy (non-hydrogen) atoms. The van der Waals surface area contributed by atoms with Crippen molar-refractivity contribution in [3.63, 3.8) is 0 Å². The predicted molar refractivity (Wildman–Crippen MR) is 69.3 cm³/mol. The van der Waals surface area contributed by atoms with E-state index in [1.807, 2.05) is 36.1 Å². The topological polar surface area (TPSA) is 46.3 Å². The van der Waals surface area contributed by atoms with E-state index in [4.69, 9.17) is 5.73 Å². The van der Waals surface area contributed by atoms with Gasteiger partial charge in [0.25, 0.3) is 0 Å². The Morgan fingerprint density at radius 1 is 1.47 bits per heavy atom. The van der Waals surface area contributed by atoms with Crippen LogP contribution in [0.3, 0.4) is 0 Å². The smallest absolute Gasteiger partial charge is 0.223 e. The molecule has 1 aliphatic rings. The summed E-state index contributed by atoms with van der Waals surface area (Å²) in [5.74, 6) is 0.275. The van der Waals surface area contributed by atoms with Crippen molar-refractivity contribution >= 4 is 11.6 Å². The number of amides is 1. The average molecular weight is 232 g/mol. The van der Waals surface area contributed by atoms with Gasteiger partial charge in [-0.3, -0.25) is 4.79 Å². The summed E-state index contributed by atoms with van der Waals surface area (Å²) in [6.45, 7) is 2.75. The van der Waals surface area contributed by atoms with Gasteiger partial charge in [0.05, 0.1) is 0 Å². The molecule has 2 N–H and O–H groups in total. The Bertz CT molecular complexity index is 399. The van der Waals surface area contributed by atoms with E-state index in [1.54, 1.807) is 0 Å². The summed E-state index contributed by atoms with van der Waals surface area (Å²) in [7, 11) is 0. The predicted octanol–water partition coefficient (Wildman–Crippen LogP) is 2.56. The second kappa shape index (κ2) is 5.21. The van der Waals surface area contributed by atoms with Gasteiger partial charge in [-0.15, -0.1) is 0 Å².